The second kappa shape index (κ2) is 7.54. The van der Waals surface area contributed by atoms with Gasteiger partial charge in [0, 0.05) is 23.4 Å². The van der Waals surface area contributed by atoms with Crippen LogP contribution in [-0.4, -0.2) is 28.3 Å². The van der Waals surface area contributed by atoms with Gasteiger partial charge in [0.1, 0.15) is 0 Å². The van der Waals surface area contributed by atoms with Crippen molar-refractivity contribution in [3.8, 4) is 0 Å². The van der Waals surface area contributed by atoms with Gasteiger partial charge in [-0.3, -0.25) is 9.98 Å². The Bertz CT molecular complexity index is 1240. The average molecular weight is 402 g/mol. The predicted octanol–water partition coefficient (Wildman–Crippen LogP) is 4.69. The lowest BCUT2D eigenvalue weighted by molar-refractivity contribution is 0.508. The number of pyridine rings is 2. The van der Waals surface area contributed by atoms with Gasteiger partial charge in [0.25, 0.3) is 0 Å². The minimum Gasteiger partial charge on any atom is -0.327 e. The Hall–Kier alpha value is -3.25. The molecule has 1 aliphatic carbocycles. The lowest BCUT2D eigenvalue weighted by Crippen LogP contribution is -2.21. The van der Waals surface area contributed by atoms with Crippen molar-refractivity contribution in [1.82, 2.24) is 9.97 Å². The highest BCUT2D eigenvalue weighted by molar-refractivity contribution is 6.32. The Labute approximate surface area is 172 Å². The van der Waals surface area contributed by atoms with Crippen LogP contribution in [-0.2, 0) is 0 Å². The number of nitrogens with zero attached hydrogens (tertiary/aromatic N) is 3. The molecule has 30 heavy (non-hydrogen) atoms. The van der Waals surface area contributed by atoms with Crippen LogP contribution in [0.3, 0.4) is 0 Å². The molecule has 0 spiro atoms. The molecule has 0 saturated carbocycles. The SMILES string of the molecule is NC1CC=C(c2cnc3ccc(C4=CCN=C4c4ccc(F)c(F)c4)nc3c2)CC1. The minimum atomic E-state index is -0.887. The van der Waals surface area contributed by atoms with Crippen LogP contribution in [0.25, 0.3) is 22.2 Å². The number of rotatable bonds is 3. The molecule has 6 heteroatoms. The van der Waals surface area contributed by atoms with Crippen LogP contribution < -0.4 is 5.73 Å². The molecule has 5 rings (SSSR count). The molecular formula is C24H20F2N4. The van der Waals surface area contributed by atoms with Gasteiger partial charge in [0.15, 0.2) is 11.6 Å². The van der Waals surface area contributed by atoms with Crippen LogP contribution >= 0.6 is 0 Å². The van der Waals surface area contributed by atoms with E-state index in [0.717, 1.165) is 53.2 Å². The van der Waals surface area contributed by atoms with Crippen LogP contribution in [0.4, 0.5) is 8.78 Å². The Morgan fingerprint density at radius 2 is 1.83 bits per heavy atom. The Morgan fingerprint density at radius 1 is 0.933 bits per heavy atom. The molecule has 1 aliphatic heterocycles. The Morgan fingerprint density at radius 3 is 2.63 bits per heavy atom. The zero-order valence-corrected chi connectivity index (χ0v) is 16.3. The third-order valence-electron chi connectivity index (χ3n) is 5.63. The van der Waals surface area contributed by atoms with Crippen molar-refractivity contribution < 1.29 is 8.78 Å². The van der Waals surface area contributed by atoms with Crippen molar-refractivity contribution >= 4 is 27.9 Å². The van der Waals surface area contributed by atoms with Crippen molar-refractivity contribution in [2.75, 3.05) is 6.54 Å². The summed E-state index contributed by atoms with van der Waals surface area (Å²) in [5.74, 6) is -1.76. The molecule has 150 valence electrons. The molecule has 4 nitrogen and oxygen atoms in total. The van der Waals surface area contributed by atoms with Gasteiger partial charge < -0.3 is 5.73 Å². The highest BCUT2D eigenvalue weighted by Gasteiger charge is 2.19. The number of nitrogens with two attached hydrogens (primary N) is 1. The molecule has 2 aromatic heterocycles. The molecule has 0 saturated heterocycles. The van der Waals surface area contributed by atoms with Crippen LogP contribution in [0.2, 0.25) is 0 Å². The first-order chi connectivity index (χ1) is 14.6. The van der Waals surface area contributed by atoms with Gasteiger partial charge in [-0.05, 0) is 66.8 Å². The molecule has 0 fully saturated rings. The predicted molar refractivity (Wildman–Crippen MR) is 115 cm³/mol. The molecule has 0 bridgehead atoms. The van der Waals surface area contributed by atoms with Crippen molar-refractivity contribution in [1.29, 1.82) is 0 Å². The fourth-order valence-electron chi connectivity index (χ4n) is 3.97. The van der Waals surface area contributed by atoms with Gasteiger partial charge >= 0.3 is 0 Å². The molecule has 2 aliphatic rings. The third kappa shape index (κ3) is 3.44. The van der Waals surface area contributed by atoms with Crippen molar-refractivity contribution in [3.63, 3.8) is 0 Å². The number of benzene rings is 1. The highest BCUT2D eigenvalue weighted by Crippen LogP contribution is 2.29. The summed E-state index contributed by atoms with van der Waals surface area (Å²) in [7, 11) is 0. The Balaban J connectivity index is 1.51. The van der Waals surface area contributed by atoms with Gasteiger partial charge in [-0.1, -0.05) is 12.2 Å². The first-order valence-electron chi connectivity index (χ1n) is 10.0. The van der Waals surface area contributed by atoms with E-state index < -0.39 is 11.6 Å². The normalized spacial score (nSPS) is 18.9. The van der Waals surface area contributed by atoms with Gasteiger partial charge in [-0.2, -0.15) is 0 Å². The summed E-state index contributed by atoms with van der Waals surface area (Å²) in [6.45, 7) is 0.481. The molecule has 1 unspecified atom stereocenters. The van der Waals surface area contributed by atoms with E-state index in [0.29, 0.717) is 17.8 Å². The summed E-state index contributed by atoms with van der Waals surface area (Å²) in [5, 5.41) is 0. The van der Waals surface area contributed by atoms with E-state index in [1.54, 1.807) is 0 Å². The molecule has 1 aromatic carbocycles. The number of aromatic nitrogens is 2. The molecule has 0 amide bonds. The van der Waals surface area contributed by atoms with Crippen LogP contribution in [0.15, 0.2) is 59.7 Å². The van der Waals surface area contributed by atoms with Crippen LogP contribution in [0.5, 0.6) is 0 Å². The van der Waals surface area contributed by atoms with Gasteiger partial charge in [0.05, 0.1) is 29.0 Å². The van der Waals surface area contributed by atoms with Crippen molar-refractivity contribution in [3.05, 3.63) is 83.2 Å². The topological polar surface area (TPSA) is 64.2 Å². The Kier molecular flexibility index (Phi) is 4.71. The average Bonchev–Trinajstić information content (AvgIpc) is 3.25. The summed E-state index contributed by atoms with van der Waals surface area (Å²) < 4.78 is 27.1. The number of hydrogen-bond acceptors (Lipinski definition) is 4. The summed E-state index contributed by atoms with van der Waals surface area (Å²) in [6, 6.07) is 9.94. The molecule has 2 N–H and O–H groups in total. The van der Waals surface area contributed by atoms with Crippen molar-refractivity contribution in [2.45, 2.75) is 25.3 Å². The number of fused-ring (bicyclic) bond motifs is 1. The molecule has 3 aromatic rings. The summed E-state index contributed by atoms with van der Waals surface area (Å²) in [4.78, 5) is 13.8. The second-order valence-electron chi connectivity index (χ2n) is 7.66. The van der Waals surface area contributed by atoms with Crippen molar-refractivity contribution in [2.24, 2.45) is 10.7 Å². The summed E-state index contributed by atoms with van der Waals surface area (Å²) >= 11 is 0. The fourth-order valence-corrected chi connectivity index (χ4v) is 3.97. The van der Waals surface area contributed by atoms with Crippen LogP contribution in [0, 0.1) is 11.6 Å². The standard InChI is InChI=1S/C24H20F2N4/c25-19-6-3-15(11-20(19)26)24-18(9-10-28-24)21-7-8-22-23(30-21)12-16(13-29-22)14-1-4-17(27)5-2-14/h1,3,6-9,11-13,17H,2,4-5,10,27H2. The summed E-state index contributed by atoms with van der Waals surface area (Å²) in [6.07, 6.45) is 8.81. The zero-order chi connectivity index (χ0) is 20.7. The lowest BCUT2D eigenvalue weighted by Gasteiger charge is -2.18. The monoisotopic (exact) mass is 402 g/mol. The van der Waals surface area contributed by atoms with E-state index in [-0.39, 0.29) is 6.04 Å². The molecule has 1 atom stereocenters. The second-order valence-corrected chi connectivity index (χ2v) is 7.66. The maximum absolute atomic E-state index is 13.7. The van der Waals surface area contributed by atoms with Gasteiger partial charge in [0.2, 0.25) is 0 Å². The zero-order valence-electron chi connectivity index (χ0n) is 16.3. The highest BCUT2D eigenvalue weighted by atomic mass is 19.2. The van der Waals surface area contributed by atoms with E-state index in [1.165, 1.54) is 17.7 Å². The van der Waals surface area contributed by atoms with E-state index in [2.05, 4.69) is 22.1 Å². The third-order valence-corrected chi connectivity index (χ3v) is 5.63. The van der Waals surface area contributed by atoms with Gasteiger partial charge in [-0.15, -0.1) is 0 Å². The fraction of sp³-hybridized carbons (Fsp3) is 0.208. The maximum atomic E-state index is 13.7. The van der Waals surface area contributed by atoms with E-state index in [4.69, 9.17) is 10.7 Å². The van der Waals surface area contributed by atoms with Crippen LogP contribution in [0.1, 0.15) is 36.1 Å². The van der Waals surface area contributed by atoms with E-state index in [9.17, 15) is 8.78 Å². The minimum absolute atomic E-state index is 0.232. The molecular weight excluding hydrogens is 382 g/mol. The first-order valence-corrected chi connectivity index (χ1v) is 10.0. The number of halogens is 2. The molecule has 0 radical (unpaired) electrons. The molecule has 3 heterocycles. The number of allylic oxidation sites excluding steroid dienone is 2. The number of aliphatic imine (C=N–C) groups is 1. The first kappa shape index (κ1) is 18.8. The summed E-state index contributed by atoms with van der Waals surface area (Å²) in [5.41, 5.74) is 12.6. The van der Waals surface area contributed by atoms with E-state index >= 15 is 0 Å². The quantitative estimate of drug-likeness (QED) is 0.691. The maximum Gasteiger partial charge on any atom is 0.159 e. The van der Waals surface area contributed by atoms with E-state index in [1.807, 2.05) is 24.4 Å². The lowest BCUT2D eigenvalue weighted by atomic mass is 9.92. The van der Waals surface area contributed by atoms with Gasteiger partial charge in [-0.25, -0.2) is 13.8 Å². The number of hydrogen-bond donors (Lipinski definition) is 1. The smallest absolute Gasteiger partial charge is 0.159 e. The largest absolute Gasteiger partial charge is 0.327 e.